The summed E-state index contributed by atoms with van der Waals surface area (Å²) in [6.07, 6.45) is 1.34. The van der Waals surface area contributed by atoms with E-state index < -0.39 is 0 Å². The van der Waals surface area contributed by atoms with E-state index in [9.17, 15) is 0 Å². The van der Waals surface area contributed by atoms with Gasteiger partial charge in [-0.15, -0.1) is 5.10 Å². The molecule has 1 aromatic heterocycles. The van der Waals surface area contributed by atoms with Crippen LogP contribution in [0.5, 0.6) is 0 Å². The van der Waals surface area contributed by atoms with Crippen LogP contribution in [0.25, 0.3) is 0 Å². The highest BCUT2D eigenvalue weighted by Crippen LogP contribution is 2.09. The standard InChI is InChI=1S/C6H9N3O2/c1-3-10-4-2-9(1)6-8-7-5-11-6/h5H,1-4H2. The van der Waals surface area contributed by atoms with Gasteiger partial charge in [-0.05, 0) is 0 Å². The summed E-state index contributed by atoms with van der Waals surface area (Å²) in [6, 6.07) is 0.591. The third kappa shape index (κ3) is 1.32. The number of hydrogen-bond acceptors (Lipinski definition) is 5. The Morgan fingerprint density at radius 1 is 1.36 bits per heavy atom. The fraction of sp³-hybridized carbons (Fsp3) is 0.667. The average molecular weight is 155 g/mol. The topological polar surface area (TPSA) is 51.4 Å². The van der Waals surface area contributed by atoms with Crippen molar-refractivity contribution in [2.24, 2.45) is 0 Å². The molecule has 0 N–H and O–H groups in total. The molecule has 2 heterocycles. The van der Waals surface area contributed by atoms with E-state index in [-0.39, 0.29) is 0 Å². The molecular weight excluding hydrogens is 146 g/mol. The van der Waals surface area contributed by atoms with Gasteiger partial charge in [0.1, 0.15) is 0 Å². The van der Waals surface area contributed by atoms with Crippen molar-refractivity contribution in [2.45, 2.75) is 0 Å². The van der Waals surface area contributed by atoms with Crippen LogP contribution < -0.4 is 4.90 Å². The highest BCUT2D eigenvalue weighted by atomic mass is 16.5. The molecule has 1 fully saturated rings. The van der Waals surface area contributed by atoms with Gasteiger partial charge in [-0.1, -0.05) is 5.10 Å². The van der Waals surface area contributed by atoms with Crippen LogP contribution in [0.1, 0.15) is 0 Å². The summed E-state index contributed by atoms with van der Waals surface area (Å²) < 4.78 is 10.2. The summed E-state index contributed by atoms with van der Waals surface area (Å²) in [5.41, 5.74) is 0. The molecule has 0 bridgehead atoms. The monoisotopic (exact) mass is 155 g/mol. The van der Waals surface area contributed by atoms with Crippen LogP contribution in [0.3, 0.4) is 0 Å². The number of aromatic nitrogens is 2. The van der Waals surface area contributed by atoms with Crippen molar-refractivity contribution >= 4 is 6.01 Å². The van der Waals surface area contributed by atoms with E-state index in [2.05, 4.69) is 10.2 Å². The van der Waals surface area contributed by atoms with Crippen molar-refractivity contribution in [2.75, 3.05) is 31.2 Å². The van der Waals surface area contributed by atoms with Crippen LogP contribution in [0.15, 0.2) is 10.8 Å². The van der Waals surface area contributed by atoms with Crippen LogP contribution in [-0.4, -0.2) is 36.5 Å². The number of ether oxygens (including phenoxy) is 1. The maximum Gasteiger partial charge on any atom is 0.318 e. The summed E-state index contributed by atoms with van der Waals surface area (Å²) in [5.74, 6) is 0. The van der Waals surface area contributed by atoms with Crippen LogP contribution in [0, 0.1) is 0 Å². The van der Waals surface area contributed by atoms with Gasteiger partial charge in [-0.2, -0.15) is 0 Å². The Morgan fingerprint density at radius 2 is 2.18 bits per heavy atom. The lowest BCUT2D eigenvalue weighted by Crippen LogP contribution is -2.36. The van der Waals surface area contributed by atoms with Crippen LogP contribution in [0.4, 0.5) is 6.01 Å². The average Bonchev–Trinajstić information content (AvgIpc) is 2.58. The Labute approximate surface area is 64.0 Å². The maximum atomic E-state index is 5.17. The van der Waals surface area contributed by atoms with Gasteiger partial charge in [0.15, 0.2) is 0 Å². The summed E-state index contributed by atoms with van der Waals surface area (Å²) in [7, 11) is 0. The number of morpholine rings is 1. The lowest BCUT2D eigenvalue weighted by Gasteiger charge is -2.24. The first-order valence-corrected chi connectivity index (χ1v) is 3.56. The van der Waals surface area contributed by atoms with E-state index >= 15 is 0 Å². The van der Waals surface area contributed by atoms with Crippen molar-refractivity contribution in [3.63, 3.8) is 0 Å². The van der Waals surface area contributed by atoms with Gasteiger partial charge in [0.2, 0.25) is 6.39 Å². The summed E-state index contributed by atoms with van der Waals surface area (Å²) in [4.78, 5) is 2.01. The minimum Gasteiger partial charge on any atom is -0.411 e. The van der Waals surface area contributed by atoms with Crippen LogP contribution >= 0.6 is 0 Å². The molecule has 0 amide bonds. The Balaban J connectivity index is 2.04. The quantitative estimate of drug-likeness (QED) is 0.567. The lowest BCUT2D eigenvalue weighted by molar-refractivity contribution is 0.120. The third-order valence-electron chi connectivity index (χ3n) is 1.63. The van der Waals surface area contributed by atoms with E-state index in [1.54, 1.807) is 0 Å². The molecule has 60 valence electrons. The molecule has 0 aromatic carbocycles. The van der Waals surface area contributed by atoms with Gasteiger partial charge in [0, 0.05) is 13.1 Å². The second-order valence-corrected chi connectivity index (χ2v) is 2.32. The van der Waals surface area contributed by atoms with Gasteiger partial charge in [0.05, 0.1) is 13.2 Å². The molecule has 2 rings (SSSR count). The second-order valence-electron chi connectivity index (χ2n) is 2.32. The van der Waals surface area contributed by atoms with Crippen molar-refractivity contribution in [3.05, 3.63) is 6.39 Å². The molecule has 0 spiro atoms. The normalized spacial score (nSPS) is 18.7. The molecule has 1 aliphatic rings. The van der Waals surface area contributed by atoms with Crippen LogP contribution in [-0.2, 0) is 4.74 Å². The molecule has 0 unspecified atom stereocenters. The van der Waals surface area contributed by atoms with Crippen molar-refractivity contribution in [1.29, 1.82) is 0 Å². The number of hydrogen-bond donors (Lipinski definition) is 0. The molecule has 1 saturated heterocycles. The van der Waals surface area contributed by atoms with Gasteiger partial charge >= 0.3 is 6.01 Å². The van der Waals surface area contributed by atoms with E-state index in [4.69, 9.17) is 9.15 Å². The molecule has 0 aliphatic carbocycles. The molecule has 0 atom stereocenters. The summed E-state index contributed by atoms with van der Waals surface area (Å²) >= 11 is 0. The first-order chi connectivity index (χ1) is 5.47. The zero-order valence-electron chi connectivity index (χ0n) is 6.06. The molecule has 5 heteroatoms. The van der Waals surface area contributed by atoms with Crippen molar-refractivity contribution in [3.8, 4) is 0 Å². The van der Waals surface area contributed by atoms with Crippen molar-refractivity contribution in [1.82, 2.24) is 10.2 Å². The Kier molecular flexibility index (Phi) is 1.72. The van der Waals surface area contributed by atoms with E-state index in [1.807, 2.05) is 4.90 Å². The first-order valence-electron chi connectivity index (χ1n) is 3.56. The fourth-order valence-electron chi connectivity index (χ4n) is 1.06. The predicted molar refractivity (Wildman–Crippen MR) is 37.3 cm³/mol. The molecular formula is C6H9N3O2. The zero-order chi connectivity index (χ0) is 7.52. The number of anilines is 1. The van der Waals surface area contributed by atoms with Crippen molar-refractivity contribution < 1.29 is 9.15 Å². The SMILES string of the molecule is c1nnc(N2CCOCC2)o1. The van der Waals surface area contributed by atoms with E-state index in [0.717, 1.165) is 26.3 Å². The summed E-state index contributed by atoms with van der Waals surface area (Å²) in [5, 5.41) is 7.39. The van der Waals surface area contributed by atoms with E-state index in [1.165, 1.54) is 6.39 Å². The lowest BCUT2D eigenvalue weighted by atomic mass is 10.5. The van der Waals surface area contributed by atoms with Gasteiger partial charge in [-0.25, -0.2) is 0 Å². The van der Waals surface area contributed by atoms with Gasteiger partial charge in [-0.3, -0.25) is 0 Å². The Morgan fingerprint density at radius 3 is 2.82 bits per heavy atom. The first kappa shape index (κ1) is 6.60. The molecule has 0 radical (unpaired) electrons. The maximum absolute atomic E-state index is 5.17. The van der Waals surface area contributed by atoms with Gasteiger partial charge in [0.25, 0.3) is 0 Å². The molecule has 1 aromatic rings. The summed E-state index contributed by atoms with van der Waals surface area (Å²) in [6.45, 7) is 3.15. The number of rotatable bonds is 1. The Bertz CT molecular complexity index is 206. The highest BCUT2D eigenvalue weighted by molar-refractivity contribution is 5.23. The molecule has 0 saturated carbocycles. The minimum atomic E-state index is 0.591. The second kappa shape index (κ2) is 2.87. The molecule has 5 nitrogen and oxygen atoms in total. The minimum absolute atomic E-state index is 0.591. The predicted octanol–water partition coefficient (Wildman–Crippen LogP) is -0.0938. The number of nitrogens with zero attached hydrogens (tertiary/aromatic N) is 3. The van der Waals surface area contributed by atoms with E-state index in [0.29, 0.717) is 6.01 Å². The van der Waals surface area contributed by atoms with Crippen LogP contribution in [0.2, 0.25) is 0 Å². The molecule has 11 heavy (non-hydrogen) atoms. The smallest absolute Gasteiger partial charge is 0.318 e. The largest absolute Gasteiger partial charge is 0.411 e. The van der Waals surface area contributed by atoms with Gasteiger partial charge < -0.3 is 14.1 Å². The Hall–Kier alpha value is -1.10. The fourth-order valence-corrected chi connectivity index (χ4v) is 1.06. The highest BCUT2D eigenvalue weighted by Gasteiger charge is 2.14. The molecule has 1 aliphatic heterocycles. The third-order valence-corrected chi connectivity index (χ3v) is 1.63. The zero-order valence-corrected chi connectivity index (χ0v) is 6.06.